The van der Waals surface area contributed by atoms with Crippen LogP contribution in [0.3, 0.4) is 0 Å². The fourth-order valence-electron chi connectivity index (χ4n) is 2.42. The summed E-state index contributed by atoms with van der Waals surface area (Å²) in [5, 5.41) is 3.34. The van der Waals surface area contributed by atoms with Crippen LogP contribution in [0.1, 0.15) is 33.1 Å². The van der Waals surface area contributed by atoms with Gasteiger partial charge in [-0.3, -0.25) is 0 Å². The van der Waals surface area contributed by atoms with Gasteiger partial charge in [-0.15, -0.1) is 0 Å². The topological polar surface area (TPSA) is 37.4 Å². The second-order valence-electron chi connectivity index (χ2n) is 5.00. The summed E-state index contributed by atoms with van der Waals surface area (Å²) in [6.07, 6.45) is 5.76. The second kappa shape index (κ2) is 7.34. The molecular weight excluding hydrogens is 238 g/mol. The third kappa shape index (κ3) is 4.10. The summed E-state index contributed by atoms with van der Waals surface area (Å²) in [4.78, 5) is 6.73. The van der Waals surface area contributed by atoms with Crippen molar-refractivity contribution in [3.63, 3.8) is 0 Å². The zero-order valence-corrected chi connectivity index (χ0v) is 12.1. The van der Waals surface area contributed by atoms with Gasteiger partial charge in [-0.2, -0.15) is 0 Å². The van der Waals surface area contributed by atoms with Crippen molar-refractivity contribution in [1.82, 2.24) is 4.98 Å². The fraction of sp³-hybridized carbons (Fsp3) is 0.667. The molecule has 106 valence electrons. The molecule has 1 unspecified atom stereocenters. The number of anilines is 2. The standard InChI is InChI=1S/C15H25N3O/c1-3-8-16-15-11-13(7-9-17-15)18(4-2)12-14-6-5-10-19-14/h7,9,11,14H,3-6,8,10,12H2,1-2H3,(H,16,17). The highest BCUT2D eigenvalue weighted by Crippen LogP contribution is 2.20. The van der Waals surface area contributed by atoms with E-state index in [0.29, 0.717) is 6.10 Å². The molecule has 0 amide bonds. The maximum absolute atomic E-state index is 5.73. The van der Waals surface area contributed by atoms with Crippen LogP contribution in [-0.2, 0) is 4.74 Å². The minimum absolute atomic E-state index is 0.389. The molecule has 1 aromatic heterocycles. The first-order valence-electron chi connectivity index (χ1n) is 7.40. The van der Waals surface area contributed by atoms with Crippen LogP contribution in [0.25, 0.3) is 0 Å². The Balaban J connectivity index is 2.00. The first-order chi connectivity index (χ1) is 9.33. The van der Waals surface area contributed by atoms with Crippen LogP contribution in [0.2, 0.25) is 0 Å². The molecule has 1 fully saturated rings. The van der Waals surface area contributed by atoms with Crippen molar-refractivity contribution < 1.29 is 4.74 Å². The van der Waals surface area contributed by atoms with Gasteiger partial charge in [0.1, 0.15) is 5.82 Å². The van der Waals surface area contributed by atoms with Gasteiger partial charge < -0.3 is 15.0 Å². The summed E-state index contributed by atoms with van der Waals surface area (Å²) in [5.74, 6) is 0.963. The van der Waals surface area contributed by atoms with Crippen molar-refractivity contribution in [2.75, 3.05) is 36.5 Å². The zero-order valence-electron chi connectivity index (χ0n) is 12.1. The summed E-state index contributed by atoms with van der Waals surface area (Å²) in [5.41, 5.74) is 1.23. The lowest BCUT2D eigenvalue weighted by molar-refractivity contribution is 0.115. The van der Waals surface area contributed by atoms with Crippen molar-refractivity contribution in [3.05, 3.63) is 18.3 Å². The van der Waals surface area contributed by atoms with Gasteiger partial charge in [0.2, 0.25) is 0 Å². The van der Waals surface area contributed by atoms with Crippen molar-refractivity contribution in [2.24, 2.45) is 0 Å². The molecular formula is C15H25N3O. The number of aromatic nitrogens is 1. The highest BCUT2D eigenvalue weighted by atomic mass is 16.5. The molecule has 1 atom stereocenters. The number of likely N-dealkylation sites (N-methyl/N-ethyl adjacent to an activating group) is 1. The van der Waals surface area contributed by atoms with Crippen LogP contribution in [0.15, 0.2) is 18.3 Å². The number of rotatable bonds is 7. The van der Waals surface area contributed by atoms with E-state index in [2.05, 4.69) is 41.2 Å². The molecule has 4 nitrogen and oxygen atoms in total. The third-order valence-electron chi connectivity index (χ3n) is 3.49. The molecule has 0 radical (unpaired) electrons. The third-order valence-corrected chi connectivity index (χ3v) is 3.49. The second-order valence-corrected chi connectivity index (χ2v) is 5.00. The normalized spacial score (nSPS) is 18.5. The molecule has 0 spiro atoms. The van der Waals surface area contributed by atoms with Gasteiger partial charge in [-0.05, 0) is 32.3 Å². The average Bonchev–Trinajstić information content (AvgIpc) is 2.96. The Morgan fingerprint density at radius 1 is 1.47 bits per heavy atom. The van der Waals surface area contributed by atoms with Crippen LogP contribution in [0.5, 0.6) is 0 Å². The first kappa shape index (κ1) is 14.1. The molecule has 0 aromatic carbocycles. The van der Waals surface area contributed by atoms with Crippen LogP contribution in [0.4, 0.5) is 11.5 Å². The number of hydrogen-bond acceptors (Lipinski definition) is 4. The minimum Gasteiger partial charge on any atom is -0.376 e. The van der Waals surface area contributed by atoms with E-state index in [9.17, 15) is 0 Å². The lowest BCUT2D eigenvalue weighted by atomic mass is 10.2. The summed E-state index contributed by atoms with van der Waals surface area (Å²) in [7, 11) is 0. The molecule has 0 bridgehead atoms. The predicted octanol–water partition coefficient (Wildman–Crippen LogP) is 2.91. The summed E-state index contributed by atoms with van der Waals surface area (Å²) in [6, 6.07) is 4.21. The summed E-state index contributed by atoms with van der Waals surface area (Å²) >= 11 is 0. The number of hydrogen-bond donors (Lipinski definition) is 1. The van der Waals surface area contributed by atoms with E-state index >= 15 is 0 Å². The molecule has 2 heterocycles. The highest BCUT2D eigenvalue weighted by Gasteiger charge is 2.18. The van der Waals surface area contributed by atoms with Crippen molar-refractivity contribution in [3.8, 4) is 0 Å². The summed E-state index contributed by atoms with van der Waals surface area (Å²) < 4.78 is 5.73. The average molecular weight is 263 g/mol. The van der Waals surface area contributed by atoms with E-state index in [1.807, 2.05) is 6.20 Å². The van der Waals surface area contributed by atoms with E-state index in [0.717, 1.165) is 38.5 Å². The first-order valence-corrected chi connectivity index (χ1v) is 7.40. The van der Waals surface area contributed by atoms with Gasteiger partial charge in [0, 0.05) is 44.2 Å². The molecule has 1 aliphatic rings. The SMILES string of the molecule is CCCNc1cc(N(CC)CC2CCCO2)ccn1. The van der Waals surface area contributed by atoms with Crippen molar-refractivity contribution >= 4 is 11.5 Å². The van der Waals surface area contributed by atoms with Gasteiger partial charge >= 0.3 is 0 Å². The fourth-order valence-corrected chi connectivity index (χ4v) is 2.42. The molecule has 0 aliphatic carbocycles. The Kier molecular flexibility index (Phi) is 5.45. The lowest BCUT2D eigenvalue weighted by Gasteiger charge is -2.26. The lowest BCUT2D eigenvalue weighted by Crippen LogP contribution is -2.32. The Bertz CT molecular complexity index is 377. The highest BCUT2D eigenvalue weighted by molar-refractivity contribution is 5.53. The van der Waals surface area contributed by atoms with Gasteiger partial charge in [-0.1, -0.05) is 6.92 Å². The predicted molar refractivity (Wildman–Crippen MR) is 79.9 cm³/mol. The van der Waals surface area contributed by atoms with Gasteiger partial charge in [-0.25, -0.2) is 4.98 Å². The van der Waals surface area contributed by atoms with Gasteiger partial charge in [0.15, 0.2) is 0 Å². The Morgan fingerprint density at radius 3 is 3.05 bits per heavy atom. The molecule has 1 aromatic rings. The molecule has 0 saturated carbocycles. The van der Waals surface area contributed by atoms with Crippen LogP contribution >= 0.6 is 0 Å². The number of nitrogens with zero attached hydrogens (tertiary/aromatic N) is 2. The summed E-state index contributed by atoms with van der Waals surface area (Å²) in [6.45, 7) is 8.21. The number of ether oxygens (including phenoxy) is 1. The van der Waals surface area contributed by atoms with Crippen molar-refractivity contribution in [1.29, 1.82) is 0 Å². The Morgan fingerprint density at radius 2 is 2.37 bits per heavy atom. The maximum atomic E-state index is 5.73. The smallest absolute Gasteiger partial charge is 0.127 e. The molecule has 1 aliphatic heterocycles. The molecule has 4 heteroatoms. The quantitative estimate of drug-likeness (QED) is 0.821. The van der Waals surface area contributed by atoms with E-state index in [4.69, 9.17) is 4.74 Å². The van der Waals surface area contributed by atoms with Crippen molar-refractivity contribution in [2.45, 2.75) is 39.2 Å². The number of nitrogens with one attached hydrogen (secondary N) is 1. The Labute approximate surface area is 116 Å². The minimum atomic E-state index is 0.389. The van der Waals surface area contributed by atoms with E-state index in [1.54, 1.807) is 0 Å². The van der Waals surface area contributed by atoms with Crippen LogP contribution < -0.4 is 10.2 Å². The molecule has 1 saturated heterocycles. The van der Waals surface area contributed by atoms with E-state index in [1.165, 1.54) is 18.5 Å². The van der Waals surface area contributed by atoms with E-state index in [-0.39, 0.29) is 0 Å². The van der Waals surface area contributed by atoms with Gasteiger partial charge in [0.05, 0.1) is 6.10 Å². The zero-order chi connectivity index (χ0) is 13.5. The Hall–Kier alpha value is -1.29. The molecule has 2 rings (SSSR count). The monoisotopic (exact) mass is 263 g/mol. The van der Waals surface area contributed by atoms with Gasteiger partial charge in [0.25, 0.3) is 0 Å². The number of pyridine rings is 1. The maximum Gasteiger partial charge on any atom is 0.127 e. The largest absolute Gasteiger partial charge is 0.376 e. The van der Waals surface area contributed by atoms with Crippen LogP contribution in [-0.4, -0.2) is 37.3 Å². The molecule has 19 heavy (non-hydrogen) atoms. The van der Waals surface area contributed by atoms with E-state index < -0.39 is 0 Å². The van der Waals surface area contributed by atoms with Crippen LogP contribution in [0, 0.1) is 0 Å². The molecule has 1 N–H and O–H groups in total.